The van der Waals surface area contributed by atoms with E-state index in [-0.39, 0.29) is 5.54 Å². The second-order valence-electron chi connectivity index (χ2n) is 5.47. The minimum Gasteiger partial charge on any atom is -0.314 e. The smallest absolute Gasteiger partial charge is 0.253 e. The largest absolute Gasteiger partial charge is 0.314 e. The Kier molecular flexibility index (Phi) is 3.68. The first kappa shape index (κ1) is 13.5. The SMILES string of the molecule is O=S(=O)(c1cccs1)N1CCNCC12CCCCC2. The van der Waals surface area contributed by atoms with Crippen molar-refractivity contribution in [2.75, 3.05) is 19.6 Å². The van der Waals surface area contributed by atoms with Crippen molar-refractivity contribution in [3.8, 4) is 0 Å². The van der Waals surface area contributed by atoms with Gasteiger partial charge in [-0.25, -0.2) is 8.42 Å². The van der Waals surface area contributed by atoms with Crippen molar-refractivity contribution in [2.45, 2.75) is 41.9 Å². The van der Waals surface area contributed by atoms with Gasteiger partial charge in [0, 0.05) is 25.2 Å². The molecular weight excluding hydrogens is 280 g/mol. The van der Waals surface area contributed by atoms with E-state index in [0.717, 1.165) is 38.8 Å². The van der Waals surface area contributed by atoms with Gasteiger partial charge in [-0.3, -0.25) is 0 Å². The summed E-state index contributed by atoms with van der Waals surface area (Å²) < 4.78 is 27.9. The summed E-state index contributed by atoms with van der Waals surface area (Å²) in [6.07, 6.45) is 5.49. The zero-order valence-electron chi connectivity index (χ0n) is 11.0. The molecule has 1 aromatic rings. The van der Waals surface area contributed by atoms with E-state index in [4.69, 9.17) is 0 Å². The predicted octanol–water partition coefficient (Wildman–Crippen LogP) is 2.04. The second kappa shape index (κ2) is 5.16. The van der Waals surface area contributed by atoms with Gasteiger partial charge in [0.15, 0.2) is 0 Å². The fourth-order valence-corrected chi connectivity index (χ4v) is 6.28. The monoisotopic (exact) mass is 300 g/mol. The standard InChI is InChI=1S/C13H20N2O2S2/c16-19(17,12-5-4-10-18-12)15-9-8-14-11-13(15)6-2-1-3-7-13/h4-5,10,14H,1-3,6-9,11H2. The van der Waals surface area contributed by atoms with E-state index >= 15 is 0 Å². The molecule has 0 unspecified atom stereocenters. The molecule has 0 radical (unpaired) electrons. The maximum absolute atomic E-state index is 12.8. The van der Waals surface area contributed by atoms with Crippen molar-refractivity contribution >= 4 is 21.4 Å². The molecule has 1 spiro atoms. The minimum atomic E-state index is -3.31. The summed E-state index contributed by atoms with van der Waals surface area (Å²) in [6, 6.07) is 3.53. The molecule has 0 aromatic carbocycles. The zero-order valence-corrected chi connectivity index (χ0v) is 12.6. The molecule has 0 amide bonds. The van der Waals surface area contributed by atoms with Crippen molar-refractivity contribution in [3.05, 3.63) is 17.5 Å². The molecular formula is C13H20N2O2S2. The van der Waals surface area contributed by atoms with Gasteiger partial charge in [-0.15, -0.1) is 11.3 Å². The Balaban J connectivity index is 1.96. The molecule has 1 N–H and O–H groups in total. The van der Waals surface area contributed by atoms with E-state index in [0.29, 0.717) is 10.8 Å². The van der Waals surface area contributed by atoms with Gasteiger partial charge in [0.05, 0.1) is 0 Å². The topological polar surface area (TPSA) is 49.4 Å². The Hall–Kier alpha value is -0.430. The Morgan fingerprint density at radius 1 is 1.26 bits per heavy atom. The highest BCUT2D eigenvalue weighted by molar-refractivity contribution is 7.91. The van der Waals surface area contributed by atoms with Crippen LogP contribution in [-0.4, -0.2) is 37.9 Å². The maximum Gasteiger partial charge on any atom is 0.253 e. The zero-order chi connectivity index (χ0) is 13.3. The number of piperazine rings is 1. The van der Waals surface area contributed by atoms with E-state index in [1.165, 1.54) is 17.8 Å². The van der Waals surface area contributed by atoms with Gasteiger partial charge in [-0.1, -0.05) is 25.3 Å². The summed E-state index contributed by atoms with van der Waals surface area (Å²) in [5.74, 6) is 0. The summed E-state index contributed by atoms with van der Waals surface area (Å²) in [7, 11) is -3.31. The van der Waals surface area contributed by atoms with Crippen LogP contribution in [0.3, 0.4) is 0 Å². The lowest BCUT2D eigenvalue weighted by molar-refractivity contribution is 0.101. The molecule has 1 aromatic heterocycles. The lowest BCUT2D eigenvalue weighted by Crippen LogP contribution is -2.63. The van der Waals surface area contributed by atoms with Crippen LogP contribution >= 0.6 is 11.3 Å². The Bertz CT molecular complexity index is 511. The highest BCUT2D eigenvalue weighted by atomic mass is 32.2. The number of hydrogen-bond acceptors (Lipinski definition) is 4. The molecule has 0 atom stereocenters. The van der Waals surface area contributed by atoms with Crippen LogP contribution in [0.1, 0.15) is 32.1 Å². The first-order valence-electron chi connectivity index (χ1n) is 6.92. The minimum absolute atomic E-state index is 0.181. The number of sulfonamides is 1. The molecule has 1 aliphatic heterocycles. The predicted molar refractivity (Wildman–Crippen MR) is 76.9 cm³/mol. The van der Waals surface area contributed by atoms with Crippen molar-refractivity contribution in [3.63, 3.8) is 0 Å². The summed E-state index contributed by atoms with van der Waals surface area (Å²) in [6.45, 7) is 2.16. The Morgan fingerprint density at radius 3 is 2.74 bits per heavy atom. The van der Waals surface area contributed by atoms with Gasteiger partial charge in [-0.2, -0.15) is 4.31 Å². The highest BCUT2D eigenvalue weighted by Gasteiger charge is 2.46. The molecule has 4 nitrogen and oxygen atoms in total. The first-order chi connectivity index (χ1) is 9.15. The van der Waals surface area contributed by atoms with Crippen LogP contribution in [0, 0.1) is 0 Å². The van der Waals surface area contributed by atoms with Gasteiger partial charge in [0.1, 0.15) is 4.21 Å². The van der Waals surface area contributed by atoms with Gasteiger partial charge in [-0.05, 0) is 24.3 Å². The summed E-state index contributed by atoms with van der Waals surface area (Å²) in [5, 5.41) is 5.23. The normalized spacial score (nSPS) is 24.6. The van der Waals surface area contributed by atoms with Gasteiger partial charge < -0.3 is 5.32 Å². The molecule has 2 aliphatic rings. The second-order valence-corrected chi connectivity index (χ2v) is 8.51. The third-order valence-electron chi connectivity index (χ3n) is 4.30. The van der Waals surface area contributed by atoms with Gasteiger partial charge >= 0.3 is 0 Å². The molecule has 106 valence electrons. The Morgan fingerprint density at radius 2 is 2.05 bits per heavy atom. The molecule has 6 heteroatoms. The fourth-order valence-electron chi connectivity index (χ4n) is 3.36. The molecule has 1 saturated heterocycles. The van der Waals surface area contributed by atoms with Crippen LogP contribution in [0.25, 0.3) is 0 Å². The van der Waals surface area contributed by atoms with Gasteiger partial charge in [0.2, 0.25) is 0 Å². The summed E-state index contributed by atoms with van der Waals surface area (Å²) in [5.41, 5.74) is -0.181. The van der Waals surface area contributed by atoms with Crippen LogP contribution in [0.5, 0.6) is 0 Å². The van der Waals surface area contributed by atoms with Crippen LogP contribution in [0.4, 0.5) is 0 Å². The first-order valence-corrected chi connectivity index (χ1v) is 9.24. The van der Waals surface area contributed by atoms with Gasteiger partial charge in [0.25, 0.3) is 10.0 Å². The quantitative estimate of drug-likeness (QED) is 0.909. The van der Waals surface area contributed by atoms with Crippen molar-refractivity contribution in [2.24, 2.45) is 0 Å². The summed E-state index contributed by atoms with van der Waals surface area (Å²) >= 11 is 1.32. The molecule has 2 heterocycles. The third-order valence-corrected chi connectivity index (χ3v) is 7.68. The van der Waals surface area contributed by atoms with Crippen LogP contribution < -0.4 is 5.32 Å². The van der Waals surface area contributed by atoms with E-state index < -0.39 is 10.0 Å². The average molecular weight is 300 g/mol. The molecule has 3 rings (SSSR count). The highest BCUT2D eigenvalue weighted by Crippen LogP contribution is 2.38. The number of rotatable bonds is 2. The molecule has 1 saturated carbocycles. The third kappa shape index (κ3) is 2.35. The van der Waals surface area contributed by atoms with Crippen LogP contribution in [0.15, 0.2) is 21.7 Å². The van der Waals surface area contributed by atoms with E-state index in [2.05, 4.69) is 5.32 Å². The average Bonchev–Trinajstić information content (AvgIpc) is 2.94. The van der Waals surface area contributed by atoms with E-state index in [9.17, 15) is 8.42 Å². The van der Waals surface area contributed by atoms with E-state index in [1.807, 2.05) is 11.4 Å². The van der Waals surface area contributed by atoms with Crippen LogP contribution in [-0.2, 0) is 10.0 Å². The molecule has 19 heavy (non-hydrogen) atoms. The molecule has 2 fully saturated rings. The van der Waals surface area contributed by atoms with Crippen LogP contribution in [0.2, 0.25) is 0 Å². The Labute approximate surface area is 118 Å². The van der Waals surface area contributed by atoms with Crippen molar-refractivity contribution < 1.29 is 8.42 Å². The lowest BCUT2D eigenvalue weighted by Gasteiger charge is -2.48. The number of hydrogen-bond donors (Lipinski definition) is 1. The summed E-state index contributed by atoms with van der Waals surface area (Å²) in [4.78, 5) is 0. The maximum atomic E-state index is 12.8. The molecule has 0 bridgehead atoms. The number of nitrogens with one attached hydrogen (secondary N) is 1. The van der Waals surface area contributed by atoms with Crippen molar-refractivity contribution in [1.82, 2.24) is 9.62 Å². The lowest BCUT2D eigenvalue weighted by atomic mass is 9.80. The fraction of sp³-hybridized carbons (Fsp3) is 0.692. The van der Waals surface area contributed by atoms with E-state index in [1.54, 1.807) is 10.4 Å². The molecule has 1 aliphatic carbocycles. The number of nitrogens with zero attached hydrogens (tertiary/aromatic N) is 1. The number of thiophene rings is 1. The van der Waals surface area contributed by atoms with Crippen molar-refractivity contribution in [1.29, 1.82) is 0 Å².